The second-order valence-corrected chi connectivity index (χ2v) is 2.53. The number of halogens is 2. The van der Waals surface area contributed by atoms with E-state index in [9.17, 15) is 8.78 Å². The normalized spacial score (nSPS) is 10.2. The monoisotopic (exact) mass is 199 g/mol. The summed E-state index contributed by atoms with van der Waals surface area (Å²) in [6, 6.07) is 2.76. The molecule has 0 spiro atoms. The molecule has 1 aromatic rings. The number of nitrogen functional groups attached to an aromatic ring is 1. The molecule has 0 radical (unpaired) electrons. The Kier molecular flexibility index (Phi) is 2.94. The number of nitrogens with zero attached hydrogens (tertiary/aromatic N) is 2. The third-order valence-corrected chi connectivity index (χ3v) is 1.67. The van der Waals surface area contributed by atoms with Crippen LogP contribution in [-0.2, 0) is 6.61 Å². The van der Waals surface area contributed by atoms with Crippen molar-refractivity contribution in [1.29, 1.82) is 5.26 Å². The Morgan fingerprint density at radius 1 is 1.64 bits per heavy atom. The molecule has 1 heterocycles. The number of aromatic nitrogens is 1. The highest BCUT2D eigenvalue weighted by molar-refractivity contribution is 5.52. The first-order chi connectivity index (χ1) is 6.60. The zero-order valence-corrected chi connectivity index (χ0v) is 7.04. The van der Waals surface area contributed by atoms with Crippen LogP contribution in [0.1, 0.15) is 23.4 Å². The number of aliphatic hydroxyl groups excluding tert-OH is 1. The second-order valence-electron chi connectivity index (χ2n) is 2.53. The Morgan fingerprint density at radius 3 is 2.71 bits per heavy atom. The maximum absolute atomic E-state index is 12.4. The maximum Gasteiger partial charge on any atom is 0.280 e. The molecule has 0 aliphatic carbocycles. The topological polar surface area (TPSA) is 82.9 Å². The van der Waals surface area contributed by atoms with Gasteiger partial charge in [0.2, 0.25) is 0 Å². The predicted octanol–water partition coefficient (Wildman–Crippen LogP) is 0.965. The van der Waals surface area contributed by atoms with Crippen LogP contribution in [0.25, 0.3) is 0 Å². The first-order valence-corrected chi connectivity index (χ1v) is 3.68. The minimum Gasteiger partial charge on any atom is -0.398 e. The summed E-state index contributed by atoms with van der Waals surface area (Å²) in [6.07, 6.45) is -2.85. The molecule has 0 bridgehead atoms. The Hall–Kier alpha value is -1.74. The van der Waals surface area contributed by atoms with E-state index in [0.29, 0.717) is 0 Å². The summed E-state index contributed by atoms with van der Waals surface area (Å²) >= 11 is 0. The molecule has 0 aliphatic heterocycles. The number of anilines is 1. The van der Waals surface area contributed by atoms with Gasteiger partial charge < -0.3 is 10.8 Å². The van der Waals surface area contributed by atoms with Crippen LogP contribution in [0.5, 0.6) is 0 Å². The van der Waals surface area contributed by atoms with Crippen LogP contribution in [0.4, 0.5) is 14.5 Å². The lowest BCUT2D eigenvalue weighted by atomic mass is 10.1. The van der Waals surface area contributed by atoms with E-state index in [-0.39, 0.29) is 16.9 Å². The smallest absolute Gasteiger partial charge is 0.280 e. The Balaban J connectivity index is 3.37. The lowest BCUT2D eigenvalue weighted by Gasteiger charge is -2.08. The van der Waals surface area contributed by atoms with Crippen molar-refractivity contribution >= 4 is 5.69 Å². The van der Waals surface area contributed by atoms with Crippen molar-refractivity contribution in [1.82, 2.24) is 4.98 Å². The molecule has 0 amide bonds. The van der Waals surface area contributed by atoms with Gasteiger partial charge >= 0.3 is 0 Å². The highest BCUT2D eigenvalue weighted by Crippen LogP contribution is 2.25. The van der Waals surface area contributed by atoms with Gasteiger partial charge in [-0.25, -0.2) is 13.8 Å². The molecule has 0 atom stereocenters. The van der Waals surface area contributed by atoms with Gasteiger partial charge in [0, 0.05) is 11.3 Å². The van der Waals surface area contributed by atoms with Gasteiger partial charge in [0.15, 0.2) is 0 Å². The first kappa shape index (κ1) is 10.3. The summed E-state index contributed by atoms with van der Waals surface area (Å²) < 4.78 is 24.7. The van der Waals surface area contributed by atoms with Crippen molar-refractivity contribution in [2.75, 3.05) is 5.73 Å². The standard InChI is InChI=1S/C8H7F2N3O/c9-8(10)7-5(3-14)6(12)1-4(2-11)13-7/h1,8,14H,3H2,(H2,12,13). The maximum atomic E-state index is 12.4. The van der Waals surface area contributed by atoms with Crippen LogP contribution >= 0.6 is 0 Å². The van der Waals surface area contributed by atoms with Crippen molar-refractivity contribution < 1.29 is 13.9 Å². The first-order valence-electron chi connectivity index (χ1n) is 3.68. The summed E-state index contributed by atoms with van der Waals surface area (Å²) in [7, 11) is 0. The zero-order chi connectivity index (χ0) is 10.7. The molecule has 1 aromatic heterocycles. The minimum atomic E-state index is -2.85. The van der Waals surface area contributed by atoms with E-state index in [1.807, 2.05) is 0 Å². The fourth-order valence-electron chi connectivity index (χ4n) is 1.02. The average Bonchev–Trinajstić information content (AvgIpc) is 2.16. The number of nitriles is 1. The molecule has 0 saturated heterocycles. The Morgan fingerprint density at radius 2 is 2.29 bits per heavy atom. The van der Waals surface area contributed by atoms with Crippen molar-refractivity contribution in [3.05, 3.63) is 23.0 Å². The van der Waals surface area contributed by atoms with Gasteiger partial charge in [-0.1, -0.05) is 0 Å². The molecular weight excluding hydrogens is 192 g/mol. The number of rotatable bonds is 2. The molecule has 74 valence electrons. The molecule has 3 N–H and O–H groups in total. The molecular formula is C8H7F2N3O. The number of hydrogen-bond donors (Lipinski definition) is 2. The van der Waals surface area contributed by atoms with Gasteiger partial charge in [-0.15, -0.1) is 0 Å². The van der Waals surface area contributed by atoms with Crippen molar-refractivity contribution in [2.24, 2.45) is 0 Å². The van der Waals surface area contributed by atoms with E-state index < -0.39 is 18.7 Å². The summed E-state index contributed by atoms with van der Waals surface area (Å²) in [4.78, 5) is 3.37. The summed E-state index contributed by atoms with van der Waals surface area (Å²) in [5.41, 5.74) is 4.37. The van der Waals surface area contributed by atoms with E-state index in [1.54, 1.807) is 6.07 Å². The Labute approximate surface area is 78.6 Å². The van der Waals surface area contributed by atoms with Gasteiger partial charge in [-0.05, 0) is 6.07 Å². The minimum absolute atomic E-state index is 0.0469. The van der Waals surface area contributed by atoms with E-state index in [0.717, 1.165) is 6.07 Å². The number of alkyl halides is 2. The van der Waals surface area contributed by atoms with Crippen LogP contribution in [-0.4, -0.2) is 10.1 Å². The van der Waals surface area contributed by atoms with E-state index in [1.165, 1.54) is 0 Å². The van der Waals surface area contributed by atoms with Gasteiger partial charge in [-0.2, -0.15) is 5.26 Å². The van der Waals surface area contributed by atoms with Gasteiger partial charge in [0.05, 0.1) is 6.61 Å². The third-order valence-electron chi connectivity index (χ3n) is 1.67. The van der Waals surface area contributed by atoms with Crippen LogP contribution in [0.2, 0.25) is 0 Å². The number of pyridine rings is 1. The van der Waals surface area contributed by atoms with E-state index >= 15 is 0 Å². The number of hydrogen-bond acceptors (Lipinski definition) is 4. The second kappa shape index (κ2) is 3.98. The summed E-state index contributed by atoms with van der Waals surface area (Å²) in [5, 5.41) is 17.2. The highest BCUT2D eigenvalue weighted by atomic mass is 19.3. The lowest BCUT2D eigenvalue weighted by molar-refractivity contribution is 0.141. The Bertz CT molecular complexity index is 387. The molecule has 0 aliphatic rings. The van der Waals surface area contributed by atoms with Crippen molar-refractivity contribution in [3.8, 4) is 6.07 Å². The van der Waals surface area contributed by atoms with Crippen molar-refractivity contribution in [3.63, 3.8) is 0 Å². The van der Waals surface area contributed by atoms with Crippen molar-refractivity contribution in [2.45, 2.75) is 13.0 Å². The van der Waals surface area contributed by atoms with E-state index in [4.69, 9.17) is 16.1 Å². The zero-order valence-electron chi connectivity index (χ0n) is 7.04. The number of nitrogens with two attached hydrogens (primary N) is 1. The van der Waals surface area contributed by atoms with Crippen LogP contribution in [0.3, 0.4) is 0 Å². The SMILES string of the molecule is N#Cc1cc(N)c(CO)c(C(F)F)n1. The van der Waals surface area contributed by atoms with E-state index in [2.05, 4.69) is 4.98 Å². The van der Waals surface area contributed by atoms with Gasteiger partial charge in [-0.3, -0.25) is 0 Å². The molecule has 1 rings (SSSR count). The van der Waals surface area contributed by atoms with Crippen LogP contribution in [0, 0.1) is 11.3 Å². The van der Waals surface area contributed by atoms with Gasteiger partial charge in [0.25, 0.3) is 6.43 Å². The van der Waals surface area contributed by atoms with Crippen LogP contribution < -0.4 is 5.73 Å². The summed E-state index contributed by atoms with van der Waals surface area (Å²) in [5.74, 6) is 0. The quantitative estimate of drug-likeness (QED) is 0.743. The molecule has 14 heavy (non-hydrogen) atoms. The van der Waals surface area contributed by atoms with Crippen LogP contribution in [0.15, 0.2) is 6.07 Å². The molecule has 6 heteroatoms. The predicted molar refractivity (Wildman–Crippen MR) is 44.2 cm³/mol. The fourth-order valence-corrected chi connectivity index (χ4v) is 1.02. The highest BCUT2D eigenvalue weighted by Gasteiger charge is 2.18. The average molecular weight is 199 g/mol. The third kappa shape index (κ3) is 1.78. The molecule has 0 saturated carbocycles. The molecule has 0 fully saturated rings. The lowest BCUT2D eigenvalue weighted by Crippen LogP contribution is -2.05. The number of aliphatic hydroxyl groups is 1. The summed E-state index contributed by atoms with van der Waals surface area (Å²) in [6.45, 7) is -0.621. The fraction of sp³-hybridized carbons (Fsp3) is 0.250. The largest absolute Gasteiger partial charge is 0.398 e. The molecule has 4 nitrogen and oxygen atoms in total. The van der Waals surface area contributed by atoms with Gasteiger partial charge in [0.1, 0.15) is 17.5 Å². The molecule has 0 unspecified atom stereocenters. The molecule has 0 aromatic carbocycles.